The van der Waals surface area contributed by atoms with Crippen LogP contribution in [0.15, 0.2) is 72.8 Å². The minimum atomic E-state index is -4.35. The summed E-state index contributed by atoms with van der Waals surface area (Å²) >= 11 is 0. The van der Waals surface area contributed by atoms with Crippen LogP contribution in [0, 0.1) is 5.92 Å². The fourth-order valence-electron chi connectivity index (χ4n) is 3.57. The first-order valence-corrected chi connectivity index (χ1v) is 11.5. The lowest BCUT2D eigenvalue weighted by Crippen LogP contribution is -2.26. The minimum absolute atomic E-state index is 0.121. The molecular formula is C28H28F3NO4. The number of carbonyl (C=O) groups excluding carboxylic acids is 2. The van der Waals surface area contributed by atoms with E-state index in [1.165, 1.54) is 19.2 Å². The van der Waals surface area contributed by atoms with E-state index in [0.29, 0.717) is 23.5 Å². The summed E-state index contributed by atoms with van der Waals surface area (Å²) in [4.78, 5) is 23.3. The van der Waals surface area contributed by atoms with Crippen LogP contribution in [0.3, 0.4) is 0 Å². The van der Waals surface area contributed by atoms with Crippen molar-refractivity contribution in [3.05, 3.63) is 89.5 Å². The molecule has 8 heteroatoms. The molecular weight excluding hydrogens is 471 g/mol. The van der Waals surface area contributed by atoms with Gasteiger partial charge >= 0.3 is 12.1 Å². The van der Waals surface area contributed by atoms with Gasteiger partial charge in [-0.15, -0.1) is 0 Å². The lowest BCUT2D eigenvalue weighted by molar-refractivity contribution is -0.140. The predicted molar refractivity (Wildman–Crippen MR) is 131 cm³/mol. The highest BCUT2D eigenvalue weighted by molar-refractivity contribution is 5.94. The number of nitrogens with one attached hydrogen (secondary N) is 1. The van der Waals surface area contributed by atoms with Crippen molar-refractivity contribution in [1.29, 1.82) is 0 Å². The average molecular weight is 500 g/mol. The van der Waals surface area contributed by atoms with Crippen LogP contribution in [0.5, 0.6) is 5.75 Å². The predicted octanol–water partition coefficient (Wildman–Crippen LogP) is 5.92. The second-order valence-corrected chi connectivity index (χ2v) is 8.50. The molecule has 1 unspecified atom stereocenters. The molecule has 1 atom stereocenters. The maximum Gasteiger partial charge on any atom is 0.416 e. The van der Waals surface area contributed by atoms with E-state index in [-0.39, 0.29) is 30.8 Å². The summed E-state index contributed by atoms with van der Waals surface area (Å²) in [5, 5.41) is 2.68. The Hall–Kier alpha value is -3.81. The number of rotatable bonds is 10. The lowest BCUT2D eigenvalue weighted by Gasteiger charge is -2.14. The van der Waals surface area contributed by atoms with Crippen LogP contribution in [-0.2, 0) is 22.1 Å². The Kier molecular flexibility index (Phi) is 9.11. The van der Waals surface area contributed by atoms with Crippen molar-refractivity contribution in [3.63, 3.8) is 0 Å². The van der Waals surface area contributed by atoms with Gasteiger partial charge in [0.1, 0.15) is 5.75 Å². The molecule has 3 aromatic carbocycles. The molecule has 0 spiro atoms. The van der Waals surface area contributed by atoms with E-state index in [9.17, 15) is 22.8 Å². The summed E-state index contributed by atoms with van der Waals surface area (Å²) in [6.45, 7) is 2.76. The number of alkyl halides is 3. The fourth-order valence-corrected chi connectivity index (χ4v) is 3.57. The first-order chi connectivity index (χ1) is 17.2. The Morgan fingerprint density at radius 1 is 0.889 bits per heavy atom. The molecule has 36 heavy (non-hydrogen) atoms. The zero-order chi connectivity index (χ0) is 26.1. The summed E-state index contributed by atoms with van der Waals surface area (Å²) in [7, 11) is 1.30. The molecule has 0 aliphatic carbocycles. The molecule has 0 fully saturated rings. The molecule has 3 aromatic rings. The summed E-state index contributed by atoms with van der Waals surface area (Å²) < 4.78 is 48.6. The maximum atomic E-state index is 12.7. The van der Waals surface area contributed by atoms with Gasteiger partial charge in [0, 0.05) is 12.1 Å². The van der Waals surface area contributed by atoms with Gasteiger partial charge in [0.05, 0.1) is 25.7 Å². The van der Waals surface area contributed by atoms with E-state index in [0.717, 1.165) is 29.7 Å². The molecule has 1 amide bonds. The van der Waals surface area contributed by atoms with E-state index in [1.54, 1.807) is 24.3 Å². The van der Waals surface area contributed by atoms with Crippen molar-refractivity contribution in [3.8, 4) is 16.9 Å². The highest BCUT2D eigenvalue weighted by Crippen LogP contribution is 2.31. The number of ether oxygens (including phenoxy) is 2. The summed E-state index contributed by atoms with van der Waals surface area (Å²) in [6.07, 6.45) is -3.47. The van der Waals surface area contributed by atoms with Crippen LogP contribution >= 0.6 is 0 Å². The minimum Gasteiger partial charge on any atom is -0.493 e. The first-order valence-electron chi connectivity index (χ1n) is 11.5. The van der Waals surface area contributed by atoms with E-state index in [4.69, 9.17) is 4.74 Å². The molecule has 0 aromatic heterocycles. The van der Waals surface area contributed by atoms with Gasteiger partial charge in [-0.2, -0.15) is 13.2 Å². The number of esters is 1. The molecule has 0 saturated heterocycles. The standard InChI is InChI=1S/C28H28F3NO4/c1-19(17-20-3-5-23(6-4-20)27(34)32-16-15-26(33)35-2)18-36-25-13-9-22(10-14-25)21-7-11-24(12-8-21)28(29,30)31/h3-14,19H,15-18H2,1-2H3,(H,32,34). The Morgan fingerprint density at radius 2 is 1.47 bits per heavy atom. The molecule has 0 heterocycles. The third-order valence-electron chi connectivity index (χ3n) is 5.58. The van der Waals surface area contributed by atoms with Crippen molar-refractivity contribution >= 4 is 11.9 Å². The Bertz CT molecular complexity index is 1140. The topological polar surface area (TPSA) is 64.6 Å². The first kappa shape index (κ1) is 26.8. The number of benzene rings is 3. The van der Waals surface area contributed by atoms with Gasteiger partial charge in [-0.25, -0.2) is 0 Å². The molecule has 0 aliphatic rings. The zero-order valence-electron chi connectivity index (χ0n) is 20.1. The van der Waals surface area contributed by atoms with Gasteiger partial charge in [-0.3, -0.25) is 9.59 Å². The molecule has 190 valence electrons. The van der Waals surface area contributed by atoms with Gasteiger partial charge in [-0.1, -0.05) is 43.3 Å². The highest BCUT2D eigenvalue weighted by atomic mass is 19.4. The van der Waals surface area contributed by atoms with E-state index >= 15 is 0 Å². The largest absolute Gasteiger partial charge is 0.493 e. The number of hydrogen-bond acceptors (Lipinski definition) is 4. The monoisotopic (exact) mass is 499 g/mol. The Balaban J connectivity index is 1.46. The Morgan fingerprint density at radius 3 is 2.03 bits per heavy atom. The quantitative estimate of drug-likeness (QED) is 0.352. The van der Waals surface area contributed by atoms with E-state index in [2.05, 4.69) is 17.0 Å². The summed E-state index contributed by atoms with van der Waals surface area (Å²) in [5.74, 6) is 0.259. The Labute approximate surface area is 208 Å². The fraction of sp³-hybridized carbons (Fsp3) is 0.286. The zero-order valence-corrected chi connectivity index (χ0v) is 20.1. The molecule has 0 aliphatic heterocycles. The SMILES string of the molecule is COC(=O)CCNC(=O)c1ccc(CC(C)COc2ccc(-c3ccc(C(F)(F)F)cc3)cc2)cc1. The molecule has 0 bridgehead atoms. The lowest BCUT2D eigenvalue weighted by atomic mass is 10.0. The van der Waals surface area contributed by atoms with Crippen LogP contribution in [0.4, 0.5) is 13.2 Å². The second-order valence-electron chi connectivity index (χ2n) is 8.50. The van der Waals surface area contributed by atoms with Crippen LogP contribution in [0.2, 0.25) is 0 Å². The number of carbonyl (C=O) groups is 2. The van der Waals surface area contributed by atoms with Gasteiger partial charge in [-0.05, 0) is 65.4 Å². The van der Waals surface area contributed by atoms with E-state index < -0.39 is 11.7 Å². The van der Waals surface area contributed by atoms with Crippen molar-refractivity contribution in [1.82, 2.24) is 5.32 Å². The summed E-state index contributed by atoms with van der Waals surface area (Å²) in [6, 6.07) is 19.6. The summed E-state index contributed by atoms with van der Waals surface area (Å²) in [5.41, 5.74) is 2.41. The molecule has 0 radical (unpaired) electrons. The number of hydrogen-bond donors (Lipinski definition) is 1. The van der Waals surface area contributed by atoms with Gasteiger partial charge in [0.25, 0.3) is 5.91 Å². The van der Waals surface area contributed by atoms with Crippen LogP contribution in [-0.4, -0.2) is 32.1 Å². The molecule has 1 N–H and O–H groups in total. The number of amides is 1. The smallest absolute Gasteiger partial charge is 0.416 e. The third-order valence-corrected chi connectivity index (χ3v) is 5.58. The van der Waals surface area contributed by atoms with Crippen LogP contribution in [0.1, 0.15) is 34.8 Å². The van der Waals surface area contributed by atoms with Crippen molar-refractivity contribution < 1.29 is 32.2 Å². The van der Waals surface area contributed by atoms with Gasteiger partial charge < -0.3 is 14.8 Å². The van der Waals surface area contributed by atoms with Crippen LogP contribution in [0.25, 0.3) is 11.1 Å². The van der Waals surface area contributed by atoms with Crippen molar-refractivity contribution in [2.24, 2.45) is 5.92 Å². The van der Waals surface area contributed by atoms with Crippen molar-refractivity contribution in [2.45, 2.75) is 25.9 Å². The van der Waals surface area contributed by atoms with Gasteiger partial charge in [0.15, 0.2) is 0 Å². The number of methoxy groups -OCH3 is 1. The second kappa shape index (κ2) is 12.2. The van der Waals surface area contributed by atoms with Crippen LogP contribution < -0.4 is 10.1 Å². The third kappa shape index (κ3) is 7.86. The average Bonchev–Trinajstić information content (AvgIpc) is 2.87. The molecule has 5 nitrogen and oxygen atoms in total. The molecule has 3 rings (SSSR count). The van der Waals surface area contributed by atoms with Gasteiger partial charge in [0.2, 0.25) is 0 Å². The van der Waals surface area contributed by atoms with Crippen molar-refractivity contribution in [2.75, 3.05) is 20.3 Å². The maximum absolute atomic E-state index is 12.7. The highest BCUT2D eigenvalue weighted by Gasteiger charge is 2.29. The van der Waals surface area contributed by atoms with E-state index in [1.807, 2.05) is 24.3 Å². The number of halogens is 3. The normalized spacial score (nSPS) is 12.0. The molecule has 0 saturated carbocycles.